The maximum absolute atomic E-state index is 12.6. The fourth-order valence-corrected chi connectivity index (χ4v) is 2.10. The summed E-state index contributed by atoms with van der Waals surface area (Å²) in [5, 5.41) is 16.0. The molecule has 0 amide bonds. The quantitative estimate of drug-likeness (QED) is 0.718. The van der Waals surface area contributed by atoms with Crippen LogP contribution in [0.4, 0.5) is 4.39 Å². The largest absolute Gasteiger partial charge is 0.470 e. The molecule has 3 rings (SSSR count). The Hall–Kier alpha value is -2.54. The lowest BCUT2D eigenvalue weighted by atomic mass is 10.2. The van der Waals surface area contributed by atoms with Crippen LogP contribution in [0.25, 0.3) is 5.69 Å². The Balaban J connectivity index is 1.81. The number of aromatic nitrogens is 5. The Morgan fingerprint density at radius 2 is 1.87 bits per heavy atom. The van der Waals surface area contributed by atoms with E-state index in [0.717, 1.165) is 17.1 Å². The molecule has 8 heteroatoms. The van der Waals surface area contributed by atoms with E-state index in [2.05, 4.69) is 20.5 Å². The van der Waals surface area contributed by atoms with Gasteiger partial charge in [-0.2, -0.15) is 0 Å². The van der Waals surface area contributed by atoms with Crippen molar-refractivity contribution in [3.63, 3.8) is 0 Å². The molecule has 118 valence electrons. The molecule has 0 fully saturated rings. The molecular formula is C15H13ClFN5O. The Labute approximate surface area is 136 Å². The summed E-state index contributed by atoms with van der Waals surface area (Å²) in [5.41, 5.74) is 2.90. The average Bonchev–Trinajstić information content (AvgIpc) is 2.95. The topological polar surface area (TPSA) is 65.7 Å². The Kier molecular flexibility index (Phi) is 4.47. The molecule has 0 saturated heterocycles. The molecule has 2 aromatic heterocycles. The van der Waals surface area contributed by atoms with E-state index in [0.29, 0.717) is 16.6 Å². The fourth-order valence-electron chi connectivity index (χ4n) is 2.00. The van der Waals surface area contributed by atoms with Crippen molar-refractivity contribution in [1.29, 1.82) is 0 Å². The van der Waals surface area contributed by atoms with E-state index in [1.165, 1.54) is 0 Å². The zero-order valence-corrected chi connectivity index (χ0v) is 13.0. The van der Waals surface area contributed by atoms with Gasteiger partial charge in [0.25, 0.3) is 0 Å². The van der Waals surface area contributed by atoms with Crippen molar-refractivity contribution in [1.82, 2.24) is 25.2 Å². The van der Waals surface area contributed by atoms with Gasteiger partial charge in [-0.1, -0.05) is 28.9 Å². The number of aryl methyl sites for hydroxylation is 1. The molecule has 6 nitrogen and oxygen atoms in total. The highest BCUT2D eigenvalue weighted by atomic mass is 35.5. The third-order valence-electron chi connectivity index (χ3n) is 3.26. The number of hydrogen-bond donors (Lipinski definition) is 0. The lowest BCUT2D eigenvalue weighted by molar-refractivity contribution is 0.281. The zero-order chi connectivity index (χ0) is 16.2. The SMILES string of the molecule is Cc1nnn(-c2ccc(CF)cc2)c1COc1ccc(Cl)nn1. The van der Waals surface area contributed by atoms with E-state index in [4.69, 9.17) is 16.3 Å². The van der Waals surface area contributed by atoms with Crippen molar-refractivity contribution in [2.75, 3.05) is 0 Å². The van der Waals surface area contributed by atoms with Crippen LogP contribution >= 0.6 is 11.6 Å². The number of ether oxygens (including phenoxy) is 1. The van der Waals surface area contributed by atoms with Crippen LogP contribution in [0.5, 0.6) is 5.88 Å². The van der Waals surface area contributed by atoms with Gasteiger partial charge in [0.15, 0.2) is 5.15 Å². The van der Waals surface area contributed by atoms with Crippen LogP contribution in [0, 0.1) is 6.92 Å². The molecule has 0 bridgehead atoms. The second kappa shape index (κ2) is 6.70. The summed E-state index contributed by atoms with van der Waals surface area (Å²) in [6.07, 6.45) is 0. The molecule has 0 unspecified atom stereocenters. The van der Waals surface area contributed by atoms with E-state index < -0.39 is 6.67 Å². The van der Waals surface area contributed by atoms with Crippen molar-refractivity contribution in [2.45, 2.75) is 20.2 Å². The molecule has 0 N–H and O–H groups in total. The lowest BCUT2D eigenvalue weighted by Gasteiger charge is -2.08. The molecule has 0 saturated carbocycles. The fraction of sp³-hybridized carbons (Fsp3) is 0.200. The summed E-state index contributed by atoms with van der Waals surface area (Å²) in [6.45, 7) is 1.56. The van der Waals surface area contributed by atoms with Crippen molar-refractivity contribution < 1.29 is 9.13 Å². The van der Waals surface area contributed by atoms with Crippen LogP contribution in [-0.4, -0.2) is 25.2 Å². The van der Waals surface area contributed by atoms with Gasteiger partial charge in [0.05, 0.1) is 11.4 Å². The first-order valence-corrected chi connectivity index (χ1v) is 7.23. The van der Waals surface area contributed by atoms with Crippen LogP contribution < -0.4 is 4.74 Å². The van der Waals surface area contributed by atoms with Crippen molar-refractivity contribution in [3.8, 4) is 11.6 Å². The van der Waals surface area contributed by atoms with E-state index >= 15 is 0 Å². The van der Waals surface area contributed by atoms with E-state index in [1.807, 2.05) is 6.92 Å². The predicted octanol–water partition coefficient (Wildman–Crippen LogP) is 3.07. The highest BCUT2D eigenvalue weighted by Gasteiger charge is 2.12. The Morgan fingerprint density at radius 1 is 1.09 bits per heavy atom. The van der Waals surface area contributed by atoms with Gasteiger partial charge in [0.1, 0.15) is 19.0 Å². The van der Waals surface area contributed by atoms with Gasteiger partial charge in [-0.05, 0) is 30.7 Å². The summed E-state index contributed by atoms with van der Waals surface area (Å²) in [5.74, 6) is 0.356. The highest BCUT2D eigenvalue weighted by molar-refractivity contribution is 6.29. The Bertz CT molecular complexity index is 789. The maximum Gasteiger partial charge on any atom is 0.233 e. The van der Waals surface area contributed by atoms with Gasteiger partial charge in [-0.3, -0.25) is 0 Å². The molecule has 0 aliphatic carbocycles. The third-order valence-corrected chi connectivity index (χ3v) is 3.46. The monoisotopic (exact) mass is 333 g/mol. The minimum absolute atomic E-state index is 0.222. The van der Waals surface area contributed by atoms with E-state index in [-0.39, 0.29) is 6.61 Å². The first kappa shape index (κ1) is 15.4. The molecule has 3 aromatic rings. The summed E-state index contributed by atoms with van der Waals surface area (Å²) in [4.78, 5) is 0. The normalized spacial score (nSPS) is 10.7. The molecule has 0 atom stereocenters. The molecule has 2 heterocycles. The van der Waals surface area contributed by atoms with Crippen molar-refractivity contribution in [2.24, 2.45) is 0 Å². The summed E-state index contributed by atoms with van der Waals surface area (Å²) in [6, 6.07) is 10.2. The molecule has 1 aromatic carbocycles. The Morgan fingerprint density at radius 3 is 2.52 bits per heavy atom. The highest BCUT2D eigenvalue weighted by Crippen LogP contribution is 2.16. The van der Waals surface area contributed by atoms with E-state index in [9.17, 15) is 4.39 Å². The maximum atomic E-state index is 12.6. The third kappa shape index (κ3) is 3.45. The van der Waals surface area contributed by atoms with Crippen molar-refractivity contribution in [3.05, 3.63) is 58.5 Å². The lowest BCUT2D eigenvalue weighted by Crippen LogP contribution is -2.07. The second-order valence-corrected chi connectivity index (χ2v) is 5.20. The van der Waals surface area contributed by atoms with Crippen LogP contribution in [0.3, 0.4) is 0 Å². The average molecular weight is 334 g/mol. The predicted molar refractivity (Wildman–Crippen MR) is 82.3 cm³/mol. The number of halogens is 2. The number of benzene rings is 1. The van der Waals surface area contributed by atoms with Crippen LogP contribution in [-0.2, 0) is 13.3 Å². The smallest absolute Gasteiger partial charge is 0.233 e. The minimum atomic E-state index is -0.498. The summed E-state index contributed by atoms with van der Waals surface area (Å²) in [7, 11) is 0. The molecule has 0 aliphatic rings. The number of rotatable bonds is 5. The first-order valence-electron chi connectivity index (χ1n) is 6.86. The van der Waals surface area contributed by atoms with Gasteiger partial charge in [-0.25, -0.2) is 9.07 Å². The van der Waals surface area contributed by atoms with Crippen LogP contribution in [0.2, 0.25) is 5.15 Å². The van der Waals surface area contributed by atoms with Gasteiger partial charge >= 0.3 is 0 Å². The molecular weight excluding hydrogens is 321 g/mol. The number of hydrogen-bond acceptors (Lipinski definition) is 5. The van der Waals surface area contributed by atoms with E-state index in [1.54, 1.807) is 41.1 Å². The molecule has 0 spiro atoms. The second-order valence-electron chi connectivity index (χ2n) is 4.82. The number of nitrogens with zero attached hydrogens (tertiary/aromatic N) is 5. The molecule has 0 radical (unpaired) electrons. The van der Waals surface area contributed by atoms with Gasteiger partial charge in [0, 0.05) is 6.07 Å². The molecule has 23 heavy (non-hydrogen) atoms. The molecule has 0 aliphatic heterocycles. The zero-order valence-electron chi connectivity index (χ0n) is 12.3. The summed E-state index contributed by atoms with van der Waals surface area (Å²) < 4.78 is 19.9. The summed E-state index contributed by atoms with van der Waals surface area (Å²) >= 11 is 5.69. The number of alkyl halides is 1. The van der Waals surface area contributed by atoms with Gasteiger partial charge in [-0.15, -0.1) is 15.3 Å². The minimum Gasteiger partial charge on any atom is -0.470 e. The van der Waals surface area contributed by atoms with Gasteiger partial charge in [0.2, 0.25) is 5.88 Å². The van der Waals surface area contributed by atoms with Gasteiger partial charge < -0.3 is 4.74 Å². The van der Waals surface area contributed by atoms with Crippen LogP contribution in [0.1, 0.15) is 17.0 Å². The van der Waals surface area contributed by atoms with Crippen LogP contribution in [0.15, 0.2) is 36.4 Å². The standard InChI is InChI=1S/C15H13ClFN5O/c1-10-13(9-23-15-7-6-14(16)19-20-15)22(21-18-10)12-4-2-11(8-17)3-5-12/h2-7H,8-9H2,1H3. The first-order chi connectivity index (χ1) is 11.2. The van der Waals surface area contributed by atoms with Crippen molar-refractivity contribution >= 4 is 11.6 Å².